The maximum absolute atomic E-state index is 12.6. The van der Waals surface area contributed by atoms with Gasteiger partial charge < -0.3 is 10.1 Å². The van der Waals surface area contributed by atoms with Crippen LogP contribution in [0.15, 0.2) is 66.9 Å². The zero-order valence-electron chi connectivity index (χ0n) is 15.3. The molecule has 0 aliphatic rings. The Morgan fingerprint density at radius 3 is 2.74 bits per heavy atom. The topological polar surface area (TPSA) is 51.2 Å². The number of nitrogens with zero attached hydrogens (tertiary/aromatic N) is 1. The van der Waals surface area contributed by atoms with E-state index in [0.717, 1.165) is 26.1 Å². The Balaban J connectivity index is 1.67. The molecule has 0 saturated carbocycles. The first kappa shape index (κ1) is 19.4. The van der Waals surface area contributed by atoms with Gasteiger partial charge >= 0.3 is 0 Å². The van der Waals surface area contributed by atoms with Crippen LogP contribution in [0.25, 0.3) is 0 Å². The summed E-state index contributed by atoms with van der Waals surface area (Å²) in [6.45, 7) is 4.38. The average molecular weight is 472 g/mol. The van der Waals surface area contributed by atoms with E-state index in [1.165, 1.54) is 0 Å². The highest BCUT2D eigenvalue weighted by atomic mass is 127. The van der Waals surface area contributed by atoms with Crippen molar-refractivity contribution in [3.63, 3.8) is 0 Å². The smallest absolute Gasteiger partial charge is 0.252 e. The fourth-order valence-corrected chi connectivity index (χ4v) is 3.30. The third-order valence-corrected chi connectivity index (χ3v) is 5.69. The van der Waals surface area contributed by atoms with E-state index in [-0.39, 0.29) is 11.9 Å². The van der Waals surface area contributed by atoms with E-state index in [1.807, 2.05) is 74.5 Å². The number of pyridine rings is 1. The number of hydrogen-bond acceptors (Lipinski definition) is 3. The number of nitrogens with one attached hydrogen (secondary N) is 1. The summed E-state index contributed by atoms with van der Waals surface area (Å²) < 4.78 is 6.81. The third kappa shape index (κ3) is 5.07. The summed E-state index contributed by atoms with van der Waals surface area (Å²) in [5.41, 5.74) is 3.66. The second kappa shape index (κ2) is 8.99. The fourth-order valence-electron chi connectivity index (χ4n) is 2.69. The minimum Gasteiger partial charge on any atom is -0.487 e. The first-order valence-corrected chi connectivity index (χ1v) is 9.81. The van der Waals surface area contributed by atoms with Crippen LogP contribution in [0.4, 0.5) is 0 Å². The summed E-state index contributed by atoms with van der Waals surface area (Å²) in [6.07, 6.45) is 1.75. The Hall–Kier alpha value is -2.41. The maximum Gasteiger partial charge on any atom is 0.252 e. The largest absolute Gasteiger partial charge is 0.487 e. The molecule has 0 fully saturated rings. The van der Waals surface area contributed by atoms with Gasteiger partial charge in [-0.15, -0.1) is 0 Å². The molecule has 5 heteroatoms. The summed E-state index contributed by atoms with van der Waals surface area (Å²) in [6, 6.07) is 19.2. The predicted molar refractivity (Wildman–Crippen MR) is 115 cm³/mol. The van der Waals surface area contributed by atoms with Gasteiger partial charge in [0.25, 0.3) is 5.91 Å². The average Bonchev–Trinajstić information content (AvgIpc) is 2.69. The summed E-state index contributed by atoms with van der Waals surface area (Å²) >= 11 is 2.22. The zero-order valence-corrected chi connectivity index (χ0v) is 17.4. The van der Waals surface area contributed by atoms with Gasteiger partial charge in [-0.1, -0.05) is 30.3 Å². The second-order valence-corrected chi connectivity index (χ2v) is 7.39. The minimum absolute atomic E-state index is 0.0737. The van der Waals surface area contributed by atoms with Crippen LogP contribution in [0.5, 0.6) is 5.75 Å². The van der Waals surface area contributed by atoms with Crippen LogP contribution in [0.3, 0.4) is 0 Å². The number of aryl methyl sites for hydroxylation is 1. The molecule has 4 nitrogen and oxygen atoms in total. The van der Waals surface area contributed by atoms with Crippen LogP contribution in [-0.4, -0.2) is 10.9 Å². The Morgan fingerprint density at radius 1 is 1.15 bits per heavy atom. The molecule has 1 amide bonds. The molecule has 1 atom stereocenters. The van der Waals surface area contributed by atoms with Gasteiger partial charge in [0, 0.05) is 9.77 Å². The number of hydrogen-bond donors (Lipinski definition) is 1. The number of rotatable bonds is 6. The summed E-state index contributed by atoms with van der Waals surface area (Å²) in [5.74, 6) is 0.680. The Morgan fingerprint density at radius 2 is 1.96 bits per heavy atom. The van der Waals surface area contributed by atoms with Gasteiger partial charge in [-0.05, 0) is 77.9 Å². The molecule has 0 saturated heterocycles. The van der Waals surface area contributed by atoms with E-state index in [9.17, 15) is 4.79 Å². The highest BCUT2D eigenvalue weighted by Gasteiger charge is 2.15. The van der Waals surface area contributed by atoms with Crippen LogP contribution in [0, 0.1) is 10.5 Å². The van der Waals surface area contributed by atoms with E-state index in [0.29, 0.717) is 12.2 Å². The van der Waals surface area contributed by atoms with E-state index >= 15 is 0 Å². The number of carbonyl (C=O) groups excluding carboxylic acids is 1. The number of carbonyl (C=O) groups is 1. The van der Waals surface area contributed by atoms with Crippen molar-refractivity contribution in [1.29, 1.82) is 0 Å². The van der Waals surface area contributed by atoms with E-state index in [4.69, 9.17) is 4.74 Å². The van der Waals surface area contributed by atoms with E-state index in [1.54, 1.807) is 6.20 Å². The zero-order chi connectivity index (χ0) is 19.2. The first-order chi connectivity index (χ1) is 13.0. The fraction of sp³-hybridized carbons (Fsp3) is 0.182. The van der Waals surface area contributed by atoms with Gasteiger partial charge in [-0.2, -0.15) is 0 Å². The van der Waals surface area contributed by atoms with Gasteiger partial charge in [-0.3, -0.25) is 9.78 Å². The highest BCUT2D eigenvalue weighted by molar-refractivity contribution is 14.1. The summed E-state index contributed by atoms with van der Waals surface area (Å²) in [4.78, 5) is 16.9. The van der Waals surface area contributed by atoms with Crippen LogP contribution in [0.1, 0.15) is 40.1 Å². The monoisotopic (exact) mass is 472 g/mol. The predicted octanol–water partition coefficient (Wildman–Crippen LogP) is 5.06. The van der Waals surface area contributed by atoms with E-state index < -0.39 is 0 Å². The molecule has 1 N–H and O–H groups in total. The Kier molecular flexibility index (Phi) is 6.45. The molecule has 0 radical (unpaired) electrons. The maximum atomic E-state index is 12.6. The lowest BCUT2D eigenvalue weighted by molar-refractivity contribution is 0.0939. The molecule has 0 spiro atoms. The van der Waals surface area contributed by atoms with Gasteiger partial charge in [0.1, 0.15) is 12.4 Å². The standard InChI is InChI=1S/C22H21IN2O2/c1-15-7-5-11-20(21(15)23)22(26)25-16(2)17-8-6-10-19(13-17)27-14-18-9-3-4-12-24-18/h3-13,16H,14H2,1-2H3,(H,25,26). The van der Waals surface area contributed by atoms with Crippen molar-refractivity contribution in [1.82, 2.24) is 10.3 Å². The number of ether oxygens (including phenoxy) is 1. The molecule has 1 aromatic heterocycles. The third-order valence-electron chi connectivity index (χ3n) is 4.25. The lowest BCUT2D eigenvalue weighted by atomic mass is 10.1. The number of aromatic nitrogens is 1. The molecular formula is C22H21IN2O2. The van der Waals surface area contributed by atoms with Crippen LogP contribution >= 0.6 is 22.6 Å². The lowest BCUT2D eigenvalue weighted by Crippen LogP contribution is -2.27. The number of amides is 1. The number of benzene rings is 2. The second-order valence-electron chi connectivity index (χ2n) is 6.31. The normalized spacial score (nSPS) is 11.7. The number of halogens is 1. The Bertz CT molecular complexity index is 929. The van der Waals surface area contributed by atoms with Crippen LogP contribution < -0.4 is 10.1 Å². The molecule has 3 rings (SSSR count). The van der Waals surface area contributed by atoms with Crippen LogP contribution in [-0.2, 0) is 6.61 Å². The molecule has 138 valence electrons. The molecule has 3 aromatic rings. The molecule has 2 aromatic carbocycles. The van der Waals surface area contributed by atoms with Crippen molar-refractivity contribution in [3.8, 4) is 5.75 Å². The Labute approximate surface area is 173 Å². The van der Waals surface area contributed by atoms with Crippen molar-refractivity contribution >= 4 is 28.5 Å². The van der Waals surface area contributed by atoms with Crippen molar-refractivity contribution < 1.29 is 9.53 Å². The molecule has 1 heterocycles. The van der Waals surface area contributed by atoms with Crippen molar-refractivity contribution in [2.75, 3.05) is 0 Å². The minimum atomic E-state index is -0.132. The molecule has 1 unspecified atom stereocenters. The van der Waals surface area contributed by atoms with Gasteiger partial charge in [0.05, 0.1) is 17.3 Å². The SMILES string of the molecule is Cc1cccc(C(=O)NC(C)c2cccc(OCc3ccccn3)c2)c1I. The summed E-state index contributed by atoms with van der Waals surface area (Å²) in [7, 11) is 0. The van der Waals surface area contributed by atoms with Gasteiger partial charge in [0.15, 0.2) is 0 Å². The van der Waals surface area contributed by atoms with Gasteiger partial charge in [-0.25, -0.2) is 0 Å². The molecule has 27 heavy (non-hydrogen) atoms. The highest BCUT2D eigenvalue weighted by Crippen LogP contribution is 2.22. The van der Waals surface area contributed by atoms with Crippen molar-refractivity contribution in [3.05, 3.63) is 92.8 Å². The van der Waals surface area contributed by atoms with E-state index in [2.05, 4.69) is 32.9 Å². The molecule has 0 aliphatic heterocycles. The molecule has 0 aliphatic carbocycles. The van der Waals surface area contributed by atoms with Crippen LogP contribution in [0.2, 0.25) is 0 Å². The quantitative estimate of drug-likeness (QED) is 0.510. The lowest BCUT2D eigenvalue weighted by Gasteiger charge is -2.16. The first-order valence-electron chi connectivity index (χ1n) is 8.73. The molecular weight excluding hydrogens is 451 g/mol. The van der Waals surface area contributed by atoms with Gasteiger partial charge in [0.2, 0.25) is 0 Å². The summed E-state index contributed by atoms with van der Waals surface area (Å²) in [5, 5.41) is 3.07. The molecule has 0 bridgehead atoms. The van der Waals surface area contributed by atoms with Crippen molar-refractivity contribution in [2.45, 2.75) is 26.5 Å². The van der Waals surface area contributed by atoms with Crippen molar-refractivity contribution in [2.24, 2.45) is 0 Å².